The summed E-state index contributed by atoms with van der Waals surface area (Å²) in [6.45, 7) is 5.65. The number of benzene rings is 4. The van der Waals surface area contributed by atoms with E-state index in [1.807, 2.05) is 91.9 Å². The van der Waals surface area contributed by atoms with Crippen LogP contribution in [0, 0.1) is 11.8 Å². The highest BCUT2D eigenvalue weighted by atomic mass is 16.5. The molecule has 0 radical (unpaired) electrons. The van der Waals surface area contributed by atoms with E-state index < -0.39 is 17.3 Å². The topological polar surface area (TPSA) is 90.3 Å². The lowest BCUT2D eigenvalue weighted by molar-refractivity contribution is -0.146. The Bertz CT molecular complexity index is 1740. The molecular formula is C35H34N2O5. The number of hydrogen-bond acceptors (Lipinski definition) is 5. The second-order valence-corrected chi connectivity index (χ2v) is 12.3. The van der Waals surface area contributed by atoms with Crippen molar-refractivity contribution in [3.8, 4) is 0 Å². The van der Waals surface area contributed by atoms with Gasteiger partial charge in [-0.3, -0.25) is 14.5 Å². The summed E-state index contributed by atoms with van der Waals surface area (Å²) in [5.41, 5.74) is 2.34. The van der Waals surface area contributed by atoms with Gasteiger partial charge in [0.1, 0.15) is 0 Å². The number of aliphatic hydroxyl groups is 2. The van der Waals surface area contributed by atoms with Gasteiger partial charge in [0.25, 0.3) is 11.8 Å². The first-order valence-corrected chi connectivity index (χ1v) is 14.5. The molecule has 7 nitrogen and oxygen atoms in total. The van der Waals surface area contributed by atoms with E-state index in [0.29, 0.717) is 18.5 Å². The van der Waals surface area contributed by atoms with Crippen LogP contribution in [0.15, 0.2) is 84.9 Å². The van der Waals surface area contributed by atoms with Crippen LogP contribution >= 0.6 is 0 Å². The van der Waals surface area contributed by atoms with E-state index in [1.54, 1.807) is 23.6 Å². The molecular weight excluding hydrogens is 528 g/mol. The van der Waals surface area contributed by atoms with Gasteiger partial charge >= 0.3 is 0 Å². The van der Waals surface area contributed by atoms with Crippen molar-refractivity contribution in [1.29, 1.82) is 0 Å². The summed E-state index contributed by atoms with van der Waals surface area (Å²) in [6.07, 6.45) is -0.146. The molecule has 3 heterocycles. The molecule has 7 rings (SSSR count). The monoisotopic (exact) mass is 562 g/mol. The molecule has 0 unspecified atom stereocenters. The molecule has 1 fully saturated rings. The summed E-state index contributed by atoms with van der Waals surface area (Å²) in [7, 11) is 0. The summed E-state index contributed by atoms with van der Waals surface area (Å²) in [4.78, 5) is 31.5. The molecule has 1 saturated heterocycles. The van der Waals surface area contributed by atoms with Gasteiger partial charge in [0.2, 0.25) is 0 Å². The van der Waals surface area contributed by atoms with Crippen molar-refractivity contribution >= 4 is 39.6 Å². The minimum Gasteiger partial charge on any atom is -0.396 e. The Morgan fingerprint density at radius 2 is 1.64 bits per heavy atom. The SMILES string of the molecule is C[C@@H]1[C@@H](C(C)(C)O)[C@H](CCO)O[C@@]12C(=O)N(Cc1cccc(N3C(=O)c4cccc5cccc3c45)c1)c1ccccc12. The number of para-hydroxylation sites is 1. The number of anilines is 3. The van der Waals surface area contributed by atoms with Gasteiger partial charge in [-0.2, -0.15) is 0 Å². The molecule has 0 aliphatic carbocycles. The maximum atomic E-state index is 14.5. The number of amides is 2. The first-order chi connectivity index (χ1) is 20.2. The van der Waals surface area contributed by atoms with Gasteiger partial charge in [-0.05, 0) is 61.5 Å². The Hall–Kier alpha value is -4.04. The van der Waals surface area contributed by atoms with Gasteiger partial charge in [0, 0.05) is 35.1 Å². The number of carbonyl (C=O) groups excluding carboxylic acids is 2. The van der Waals surface area contributed by atoms with Crippen LogP contribution in [-0.4, -0.2) is 40.3 Å². The third-order valence-electron chi connectivity index (χ3n) is 9.37. The van der Waals surface area contributed by atoms with Crippen LogP contribution < -0.4 is 9.80 Å². The Morgan fingerprint density at radius 1 is 0.929 bits per heavy atom. The Kier molecular flexibility index (Phi) is 6.06. The molecule has 42 heavy (non-hydrogen) atoms. The standard InChI is InChI=1S/C35H34N2O5/c1-21-31(34(2,3)41)29(17-18-38)42-35(21)26-14-4-5-15-27(26)36(33(35)40)20-22-9-6-12-24(19-22)37-28-16-8-11-23-10-7-13-25(30(23)28)32(37)39/h4-16,19,21,29,31,38,41H,17-18,20H2,1-3H3/t21-,29+,31-,35+/m1/s1. The summed E-state index contributed by atoms with van der Waals surface area (Å²) in [6, 6.07) is 27.2. The number of rotatable bonds is 6. The maximum Gasteiger partial charge on any atom is 0.264 e. The fraction of sp³-hybridized carbons (Fsp3) is 0.314. The maximum absolute atomic E-state index is 14.5. The second-order valence-electron chi connectivity index (χ2n) is 12.3. The predicted molar refractivity (Wildman–Crippen MR) is 162 cm³/mol. The summed E-state index contributed by atoms with van der Waals surface area (Å²) in [5, 5.41) is 22.9. The first-order valence-electron chi connectivity index (χ1n) is 14.5. The second kappa shape index (κ2) is 9.49. The molecule has 0 aromatic heterocycles. The number of aliphatic hydroxyl groups excluding tert-OH is 1. The molecule has 3 aliphatic rings. The van der Waals surface area contributed by atoms with E-state index in [1.165, 1.54) is 0 Å². The molecule has 4 aromatic carbocycles. The molecule has 3 aliphatic heterocycles. The highest BCUT2D eigenvalue weighted by Gasteiger charge is 2.65. The molecule has 1 spiro atoms. The Labute approximate surface area is 244 Å². The molecule has 2 amide bonds. The molecule has 0 bridgehead atoms. The molecule has 4 aromatic rings. The zero-order valence-corrected chi connectivity index (χ0v) is 23.9. The number of fused-ring (bicyclic) bond motifs is 2. The van der Waals surface area contributed by atoms with Crippen LogP contribution in [0.1, 0.15) is 48.7 Å². The quantitative estimate of drug-likeness (QED) is 0.316. The minimum atomic E-state index is -1.26. The highest BCUT2D eigenvalue weighted by Crippen LogP contribution is 2.58. The van der Waals surface area contributed by atoms with Gasteiger partial charge in [0.05, 0.1) is 35.2 Å². The van der Waals surface area contributed by atoms with Gasteiger partial charge in [-0.15, -0.1) is 0 Å². The predicted octanol–water partition coefficient (Wildman–Crippen LogP) is 5.68. The molecule has 4 atom stereocenters. The minimum absolute atomic E-state index is 0.0683. The van der Waals surface area contributed by atoms with Crippen molar-refractivity contribution in [3.05, 3.63) is 102 Å². The lowest BCUT2D eigenvalue weighted by Gasteiger charge is -2.34. The van der Waals surface area contributed by atoms with E-state index in [2.05, 4.69) is 0 Å². The first kappa shape index (κ1) is 26.8. The van der Waals surface area contributed by atoms with Gasteiger partial charge < -0.3 is 19.8 Å². The summed E-state index contributed by atoms with van der Waals surface area (Å²) >= 11 is 0. The summed E-state index contributed by atoms with van der Waals surface area (Å²) < 4.78 is 6.63. The van der Waals surface area contributed by atoms with Gasteiger partial charge in [-0.1, -0.05) is 61.5 Å². The molecule has 0 saturated carbocycles. The van der Waals surface area contributed by atoms with E-state index in [0.717, 1.165) is 39.0 Å². The van der Waals surface area contributed by atoms with Crippen LogP contribution in [0.3, 0.4) is 0 Å². The van der Waals surface area contributed by atoms with E-state index in [9.17, 15) is 19.8 Å². The number of nitrogens with zero attached hydrogens (tertiary/aromatic N) is 2. The number of ether oxygens (including phenoxy) is 1. The van der Waals surface area contributed by atoms with Crippen LogP contribution in [0.2, 0.25) is 0 Å². The third-order valence-corrected chi connectivity index (χ3v) is 9.37. The van der Waals surface area contributed by atoms with E-state index in [4.69, 9.17) is 4.74 Å². The number of carbonyl (C=O) groups is 2. The zero-order chi connectivity index (χ0) is 29.4. The van der Waals surface area contributed by atoms with Crippen molar-refractivity contribution in [3.63, 3.8) is 0 Å². The fourth-order valence-electron chi connectivity index (χ4n) is 7.73. The smallest absolute Gasteiger partial charge is 0.264 e. The van der Waals surface area contributed by atoms with Crippen LogP contribution in [0.5, 0.6) is 0 Å². The van der Waals surface area contributed by atoms with Crippen LogP contribution in [-0.2, 0) is 21.7 Å². The molecule has 214 valence electrons. The average molecular weight is 563 g/mol. The van der Waals surface area contributed by atoms with E-state index in [-0.39, 0.29) is 30.3 Å². The lowest BCUT2D eigenvalue weighted by atomic mass is 9.71. The molecule has 7 heteroatoms. The van der Waals surface area contributed by atoms with Crippen molar-refractivity contribution in [2.45, 2.75) is 51.0 Å². The highest BCUT2D eigenvalue weighted by molar-refractivity contribution is 6.27. The third kappa shape index (κ3) is 3.70. The molecule has 2 N–H and O–H groups in total. The van der Waals surface area contributed by atoms with Gasteiger partial charge in [-0.25, -0.2) is 0 Å². The lowest BCUT2D eigenvalue weighted by Crippen LogP contribution is -2.46. The van der Waals surface area contributed by atoms with Crippen molar-refractivity contribution < 1.29 is 24.5 Å². The summed E-state index contributed by atoms with van der Waals surface area (Å²) in [5.74, 6) is -0.928. The average Bonchev–Trinajstić information content (AvgIpc) is 3.52. The fourth-order valence-corrected chi connectivity index (χ4v) is 7.73. The van der Waals surface area contributed by atoms with E-state index >= 15 is 0 Å². The zero-order valence-electron chi connectivity index (χ0n) is 23.9. The van der Waals surface area contributed by atoms with Gasteiger partial charge in [0.15, 0.2) is 5.60 Å². The van der Waals surface area contributed by atoms with Crippen molar-refractivity contribution in [2.24, 2.45) is 11.8 Å². The number of hydrogen-bond donors (Lipinski definition) is 2. The normalized spacial score (nSPS) is 24.8. The van der Waals surface area contributed by atoms with Crippen molar-refractivity contribution in [1.82, 2.24) is 0 Å². The van der Waals surface area contributed by atoms with Crippen LogP contribution in [0.25, 0.3) is 10.8 Å². The van der Waals surface area contributed by atoms with Crippen LogP contribution in [0.4, 0.5) is 17.1 Å². The Morgan fingerprint density at radius 3 is 2.40 bits per heavy atom. The largest absolute Gasteiger partial charge is 0.396 e. The van der Waals surface area contributed by atoms with Crippen molar-refractivity contribution in [2.75, 3.05) is 16.4 Å². The Balaban J connectivity index is 1.26.